The van der Waals surface area contributed by atoms with Gasteiger partial charge in [0.05, 0.1) is 6.54 Å². The Morgan fingerprint density at radius 2 is 2.04 bits per heavy atom. The van der Waals surface area contributed by atoms with Crippen LogP contribution in [0.1, 0.15) is 21.9 Å². The van der Waals surface area contributed by atoms with E-state index in [0.717, 1.165) is 11.6 Å². The lowest BCUT2D eigenvalue weighted by molar-refractivity contribution is -0.153. The minimum absolute atomic E-state index is 0.307. The van der Waals surface area contributed by atoms with Crippen molar-refractivity contribution in [1.82, 2.24) is 4.90 Å². The van der Waals surface area contributed by atoms with Crippen molar-refractivity contribution in [1.29, 1.82) is 0 Å². The van der Waals surface area contributed by atoms with Crippen LogP contribution in [-0.4, -0.2) is 30.1 Å². The van der Waals surface area contributed by atoms with Crippen LogP contribution in [0.3, 0.4) is 0 Å². The molecule has 9 heteroatoms. The Balaban J connectivity index is 1.68. The highest BCUT2D eigenvalue weighted by Gasteiger charge is 2.35. The van der Waals surface area contributed by atoms with Gasteiger partial charge in [0.25, 0.3) is 5.91 Å². The van der Waals surface area contributed by atoms with E-state index < -0.39 is 29.7 Å². The molecule has 0 atom stereocenters. The van der Waals surface area contributed by atoms with Crippen LogP contribution < -0.4 is 5.32 Å². The van der Waals surface area contributed by atoms with Crippen molar-refractivity contribution < 1.29 is 31.9 Å². The van der Waals surface area contributed by atoms with E-state index in [-0.39, 0.29) is 0 Å². The summed E-state index contributed by atoms with van der Waals surface area (Å²) in [5, 5.41) is 2.46. The molecule has 1 aromatic carbocycles. The molecule has 1 N–H and O–H groups in total. The summed E-state index contributed by atoms with van der Waals surface area (Å²) < 4.78 is 46.9. The van der Waals surface area contributed by atoms with E-state index in [1.165, 1.54) is 4.90 Å². The van der Waals surface area contributed by atoms with Gasteiger partial charge in [0.15, 0.2) is 5.76 Å². The molecule has 1 aromatic heterocycles. The predicted molar refractivity (Wildman–Crippen MR) is 79.9 cm³/mol. The number of hydrogen-bond acceptors (Lipinski definition) is 4. The highest BCUT2D eigenvalue weighted by atomic mass is 19.4. The lowest BCUT2D eigenvalue weighted by Crippen LogP contribution is -2.23. The third kappa shape index (κ3) is 3.93. The van der Waals surface area contributed by atoms with Gasteiger partial charge in [-0.3, -0.25) is 4.79 Å². The molecule has 0 bridgehead atoms. The fourth-order valence-electron chi connectivity index (χ4n) is 2.34. The fraction of sp³-hybridized carbons (Fsp3) is 0.250. The second kappa shape index (κ2) is 6.50. The lowest BCUT2D eigenvalue weighted by Gasteiger charge is -2.13. The van der Waals surface area contributed by atoms with Crippen LogP contribution in [0.25, 0.3) is 0 Å². The lowest BCUT2D eigenvalue weighted by atomic mass is 10.2. The normalized spacial score (nSPS) is 14.5. The highest BCUT2D eigenvalue weighted by molar-refractivity contribution is 6.02. The number of halogens is 3. The molecule has 0 spiro atoms. The average molecular weight is 354 g/mol. The molecule has 132 valence electrons. The maximum atomic E-state index is 12.5. The molecule has 2 heterocycles. The summed E-state index contributed by atoms with van der Waals surface area (Å²) >= 11 is 0. The predicted octanol–water partition coefficient (Wildman–Crippen LogP) is 3.50. The molecule has 0 aliphatic carbocycles. The third-order valence-corrected chi connectivity index (χ3v) is 3.51. The van der Waals surface area contributed by atoms with Crippen LogP contribution in [0.5, 0.6) is 0 Å². The molecule has 1 fully saturated rings. The van der Waals surface area contributed by atoms with Gasteiger partial charge in [-0.25, -0.2) is 4.79 Å². The SMILES string of the molecule is O=C(Nc1cccc(CN2CCOC2=O)c1)c1ccc(C(F)(F)F)o1. The molecule has 6 nitrogen and oxygen atoms in total. The van der Waals surface area contributed by atoms with Gasteiger partial charge in [-0.05, 0) is 29.8 Å². The maximum Gasteiger partial charge on any atom is 0.449 e. The Kier molecular flexibility index (Phi) is 4.39. The Labute approximate surface area is 140 Å². The van der Waals surface area contributed by atoms with Gasteiger partial charge in [-0.1, -0.05) is 12.1 Å². The summed E-state index contributed by atoms with van der Waals surface area (Å²) in [5.41, 5.74) is 1.12. The van der Waals surface area contributed by atoms with Crippen molar-refractivity contribution in [2.75, 3.05) is 18.5 Å². The van der Waals surface area contributed by atoms with Crippen molar-refractivity contribution in [3.63, 3.8) is 0 Å². The number of nitrogens with zero attached hydrogens (tertiary/aromatic N) is 1. The topological polar surface area (TPSA) is 71.8 Å². The Morgan fingerprint density at radius 3 is 2.68 bits per heavy atom. The molecule has 0 unspecified atom stereocenters. The fourth-order valence-corrected chi connectivity index (χ4v) is 2.34. The van der Waals surface area contributed by atoms with Crippen LogP contribution in [0, 0.1) is 0 Å². The molecule has 25 heavy (non-hydrogen) atoms. The Bertz CT molecular complexity index is 801. The number of rotatable bonds is 4. The van der Waals surface area contributed by atoms with Crippen LogP contribution in [0.4, 0.5) is 23.7 Å². The average Bonchev–Trinajstić information content (AvgIpc) is 3.17. The van der Waals surface area contributed by atoms with E-state index in [9.17, 15) is 22.8 Å². The first-order chi connectivity index (χ1) is 11.8. The second-order valence-electron chi connectivity index (χ2n) is 5.35. The van der Waals surface area contributed by atoms with Crippen LogP contribution in [0.15, 0.2) is 40.8 Å². The van der Waals surface area contributed by atoms with E-state index >= 15 is 0 Å². The van der Waals surface area contributed by atoms with Crippen molar-refractivity contribution in [3.05, 3.63) is 53.5 Å². The van der Waals surface area contributed by atoms with Crippen molar-refractivity contribution in [2.45, 2.75) is 12.7 Å². The van der Waals surface area contributed by atoms with E-state index in [2.05, 4.69) is 9.73 Å². The number of ether oxygens (including phenoxy) is 1. The van der Waals surface area contributed by atoms with Gasteiger partial charge in [0.2, 0.25) is 5.76 Å². The summed E-state index contributed by atoms with van der Waals surface area (Å²) in [7, 11) is 0. The standard InChI is InChI=1S/C16H13F3N2O4/c17-16(18,19)13-5-4-12(25-13)14(22)20-11-3-1-2-10(8-11)9-21-6-7-24-15(21)23/h1-5,8H,6-7,9H2,(H,20,22). The molecule has 1 aliphatic heterocycles. The van der Waals surface area contributed by atoms with Crippen LogP contribution >= 0.6 is 0 Å². The number of anilines is 1. The molecule has 2 amide bonds. The first-order valence-electron chi connectivity index (χ1n) is 7.32. The Hall–Kier alpha value is -2.97. The summed E-state index contributed by atoms with van der Waals surface area (Å²) in [6.45, 7) is 1.11. The molecular formula is C16H13F3N2O4. The molecular weight excluding hydrogens is 341 g/mol. The van der Waals surface area contributed by atoms with Gasteiger partial charge >= 0.3 is 12.3 Å². The zero-order chi connectivity index (χ0) is 18.0. The largest absolute Gasteiger partial charge is 0.449 e. The minimum atomic E-state index is -4.65. The zero-order valence-electron chi connectivity index (χ0n) is 12.8. The van der Waals surface area contributed by atoms with Gasteiger partial charge in [-0.15, -0.1) is 0 Å². The van der Waals surface area contributed by atoms with E-state index in [1.807, 2.05) is 0 Å². The van der Waals surface area contributed by atoms with Gasteiger partial charge < -0.3 is 19.4 Å². The van der Waals surface area contributed by atoms with E-state index in [1.54, 1.807) is 24.3 Å². The van der Waals surface area contributed by atoms with Gasteiger partial charge in [-0.2, -0.15) is 13.2 Å². The number of carbonyl (C=O) groups is 2. The highest BCUT2D eigenvalue weighted by Crippen LogP contribution is 2.30. The number of carbonyl (C=O) groups excluding carboxylic acids is 2. The third-order valence-electron chi connectivity index (χ3n) is 3.51. The molecule has 2 aromatic rings. The number of cyclic esters (lactones) is 1. The number of amides is 2. The maximum absolute atomic E-state index is 12.5. The number of benzene rings is 1. The monoisotopic (exact) mass is 354 g/mol. The number of nitrogens with one attached hydrogen (secondary N) is 1. The molecule has 1 aliphatic rings. The molecule has 0 saturated carbocycles. The molecule has 0 radical (unpaired) electrons. The quantitative estimate of drug-likeness (QED) is 0.912. The summed E-state index contributed by atoms with van der Waals surface area (Å²) in [4.78, 5) is 24.9. The smallest absolute Gasteiger partial charge is 0.448 e. The van der Waals surface area contributed by atoms with Crippen molar-refractivity contribution in [3.8, 4) is 0 Å². The second-order valence-corrected chi connectivity index (χ2v) is 5.35. The Morgan fingerprint density at radius 1 is 1.24 bits per heavy atom. The summed E-state index contributed by atoms with van der Waals surface area (Å²) in [6.07, 6.45) is -5.06. The van der Waals surface area contributed by atoms with Crippen molar-refractivity contribution in [2.24, 2.45) is 0 Å². The van der Waals surface area contributed by atoms with Gasteiger partial charge in [0.1, 0.15) is 6.61 Å². The van der Waals surface area contributed by atoms with E-state index in [0.29, 0.717) is 31.5 Å². The zero-order valence-corrected chi connectivity index (χ0v) is 12.8. The molecule has 1 saturated heterocycles. The number of furan rings is 1. The van der Waals surface area contributed by atoms with Crippen LogP contribution in [0.2, 0.25) is 0 Å². The first kappa shape index (κ1) is 16.9. The number of alkyl halides is 3. The van der Waals surface area contributed by atoms with Crippen molar-refractivity contribution >= 4 is 17.7 Å². The minimum Gasteiger partial charge on any atom is -0.448 e. The molecule has 3 rings (SSSR count). The van der Waals surface area contributed by atoms with Crippen LogP contribution in [-0.2, 0) is 17.5 Å². The van der Waals surface area contributed by atoms with E-state index in [4.69, 9.17) is 4.74 Å². The number of hydrogen-bond donors (Lipinski definition) is 1. The summed E-state index contributed by atoms with van der Waals surface area (Å²) in [5.74, 6) is -2.48. The first-order valence-corrected chi connectivity index (χ1v) is 7.32. The van der Waals surface area contributed by atoms with Gasteiger partial charge in [0, 0.05) is 12.2 Å². The summed E-state index contributed by atoms with van der Waals surface area (Å²) in [6, 6.07) is 8.28.